The normalized spacial score (nSPS) is 11.1. The van der Waals surface area contributed by atoms with E-state index in [1.807, 2.05) is 39.0 Å². The van der Waals surface area contributed by atoms with E-state index < -0.39 is 10.0 Å². The second-order valence-electron chi connectivity index (χ2n) is 6.66. The Balaban J connectivity index is 1.98. The van der Waals surface area contributed by atoms with Crippen LogP contribution in [0.25, 0.3) is 0 Å². The monoisotopic (exact) mass is 404 g/mol. The van der Waals surface area contributed by atoms with Crippen molar-refractivity contribution in [2.24, 2.45) is 0 Å². The van der Waals surface area contributed by atoms with E-state index in [4.69, 9.17) is 4.74 Å². The summed E-state index contributed by atoms with van der Waals surface area (Å²) in [6, 6.07) is 12.7. The minimum Gasteiger partial charge on any atom is -0.494 e. The fourth-order valence-corrected chi connectivity index (χ4v) is 3.81. The molecule has 28 heavy (non-hydrogen) atoms. The number of ether oxygens (including phenoxy) is 1. The van der Waals surface area contributed by atoms with Gasteiger partial charge in [0.05, 0.1) is 18.6 Å². The fraction of sp³-hybridized carbons (Fsp3) is 0.381. The molecule has 0 unspecified atom stereocenters. The van der Waals surface area contributed by atoms with Crippen LogP contribution < -0.4 is 14.4 Å². The predicted octanol–water partition coefficient (Wildman–Crippen LogP) is 3.89. The van der Waals surface area contributed by atoms with Gasteiger partial charge in [-0.05, 0) is 68.7 Å². The van der Waals surface area contributed by atoms with Crippen molar-refractivity contribution in [3.05, 3.63) is 53.6 Å². The van der Waals surface area contributed by atoms with Gasteiger partial charge in [0.1, 0.15) is 5.75 Å². The van der Waals surface area contributed by atoms with Crippen molar-refractivity contribution in [2.45, 2.75) is 33.6 Å². The summed E-state index contributed by atoms with van der Waals surface area (Å²) in [5.74, 6) is 0.557. The molecule has 0 aliphatic carbocycles. The number of anilines is 2. The smallest absolute Gasteiger partial charge is 0.232 e. The van der Waals surface area contributed by atoms with E-state index >= 15 is 0 Å². The maximum absolute atomic E-state index is 12.3. The molecule has 0 aliphatic rings. The summed E-state index contributed by atoms with van der Waals surface area (Å²) in [7, 11) is -3.45. The molecular formula is C21H28N2O4S. The molecule has 0 heterocycles. The topological polar surface area (TPSA) is 75.7 Å². The van der Waals surface area contributed by atoms with Gasteiger partial charge in [-0.3, -0.25) is 9.10 Å². The van der Waals surface area contributed by atoms with Crippen LogP contribution in [0.5, 0.6) is 5.75 Å². The van der Waals surface area contributed by atoms with Crippen LogP contribution in [0.2, 0.25) is 0 Å². The second kappa shape index (κ2) is 9.59. The number of sulfonamides is 1. The van der Waals surface area contributed by atoms with Gasteiger partial charge in [-0.15, -0.1) is 0 Å². The molecule has 2 aromatic rings. The number of benzene rings is 2. The lowest BCUT2D eigenvalue weighted by Crippen LogP contribution is -2.31. The first kappa shape index (κ1) is 21.8. The highest BCUT2D eigenvalue weighted by atomic mass is 32.2. The molecule has 0 saturated heterocycles. The van der Waals surface area contributed by atoms with Crippen molar-refractivity contribution in [3.8, 4) is 5.75 Å². The van der Waals surface area contributed by atoms with Crippen LogP contribution in [0.3, 0.4) is 0 Å². The lowest BCUT2D eigenvalue weighted by Gasteiger charge is -2.22. The Labute approximate surface area is 167 Å². The van der Waals surface area contributed by atoms with E-state index in [1.54, 1.807) is 24.3 Å². The van der Waals surface area contributed by atoms with E-state index in [9.17, 15) is 13.2 Å². The number of rotatable bonds is 9. The molecule has 0 bridgehead atoms. The summed E-state index contributed by atoms with van der Waals surface area (Å²) in [4.78, 5) is 12.3. The second-order valence-corrected chi connectivity index (χ2v) is 8.57. The van der Waals surface area contributed by atoms with E-state index in [2.05, 4.69) is 5.32 Å². The van der Waals surface area contributed by atoms with Gasteiger partial charge in [0.2, 0.25) is 15.9 Å². The first-order valence-electron chi connectivity index (χ1n) is 9.29. The van der Waals surface area contributed by atoms with Gasteiger partial charge in [0.25, 0.3) is 0 Å². The van der Waals surface area contributed by atoms with Crippen LogP contribution >= 0.6 is 0 Å². The Morgan fingerprint density at radius 3 is 2.39 bits per heavy atom. The van der Waals surface area contributed by atoms with Crippen LogP contribution in [-0.2, 0) is 14.8 Å². The van der Waals surface area contributed by atoms with Gasteiger partial charge in [-0.2, -0.15) is 0 Å². The van der Waals surface area contributed by atoms with E-state index in [0.717, 1.165) is 16.8 Å². The molecule has 0 atom stereocenters. The standard InChI is InChI=1S/C21H28N2O4S/c1-5-27-19-13-11-18(12-14-19)23(28(4,25)26)15-7-10-21(24)22-20-9-6-8-16(2)17(20)3/h6,8-9,11-14H,5,7,10,15H2,1-4H3,(H,22,24). The van der Waals surface area contributed by atoms with E-state index in [0.29, 0.717) is 24.5 Å². The van der Waals surface area contributed by atoms with Crippen LogP contribution in [0.1, 0.15) is 30.9 Å². The number of aryl methyl sites for hydroxylation is 1. The Kier molecular flexibility index (Phi) is 7.45. The quantitative estimate of drug-likeness (QED) is 0.688. The summed E-state index contributed by atoms with van der Waals surface area (Å²) in [5.41, 5.74) is 3.48. The molecule has 2 rings (SSSR count). The highest BCUT2D eigenvalue weighted by Gasteiger charge is 2.18. The molecule has 1 amide bonds. The third kappa shape index (κ3) is 5.99. The molecule has 0 aliphatic heterocycles. The molecule has 7 heteroatoms. The molecule has 0 saturated carbocycles. The highest BCUT2D eigenvalue weighted by Crippen LogP contribution is 2.22. The van der Waals surface area contributed by atoms with Crippen molar-refractivity contribution in [2.75, 3.05) is 29.0 Å². The molecule has 0 aromatic heterocycles. The molecule has 152 valence electrons. The maximum atomic E-state index is 12.3. The van der Waals surface area contributed by atoms with Gasteiger partial charge < -0.3 is 10.1 Å². The van der Waals surface area contributed by atoms with Crippen molar-refractivity contribution >= 4 is 27.3 Å². The van der Waals surface area contributed by atoms with Gasteiger partial charge >= 0.3 is 0 Å². The molecule has 6 nitrogen and oxygen atoms in total. The summed E-state index contributed by atoms with van der Waals surface area (Å²) < 4.78 is 31.1. The first-order chi connectivity index (χ1) is 13.2. The Morgan fingerprint density at radius 2 is 1.79 bits per heavy atom. The molecule has 1 N–H and O–H groups in total. The molecule has 0 radical (unpaired) electrons. The third-order valence-corrected chi connectivity index (χ3v) is 5.67. The zero-order chi connectivity index (χ0) is 20.7. The molecule has 2 aromatic carbocycles. The zero-order valence-electron chi connectivity index (χ0n) is 16.9. The number of carbonyl (C=O) groups is 1. The Hall–Kier alpha value is -2.54. The van der Waals surface area contributed by atoms with E-state index in [-0.39, 0.29) is 18.9 Å². The van der Waals surface area contributed by atoms with Crippen molar-refractivity contribution < 1.29 is 17.9 Å². The van der Waals surface area contributed by atoms with Crippen LogP contribution in [0.15, 0.2) is 42.5 Å². The summed E-state index contributed by atoms with van der Waals surface area (Å²) in [6.07, 6.45) is 1.81. The van der Waals surface area contributed by atoms with Crippen LogP contribution in [0, 0.1) is 13.8 Å². The van der Waals surface area contributed by atoms with Gasteiger partial charge in [0, 0.05) is 18.7 Å². The fourth-order valence-electron chi connectivity index (χ4n) is 2.84. The SMILES string of the molecule is CCOc1ccc(N(CCCC(=O)Nc2cccc(C)c2C)S(C)(=O)=O)cc1. The van der Waals surface area contributed by atoms with Crippen LogP contribution in [-0.4, -0.2) is 33.7 Å². The van der Waals surface area contributed by atoms with Crippen LogP contribution in [0.4, 0.5) is 11.4 Å². The van der Waals surface area contributed by atoms with Crippen molar-refractivity contribution in [1.29, 1.82) is 0 Å². The van der Waals surface area contributed by atoms with Gasteiger partial charge in [0.15, 0.2) is 0 Å². The zero-order valence-corrected chi connectivity index (χ0v) is 17.7. The van der Waals surface area contributed by atoms with E-state index in [1.165, 1.54) is 10.6 Å². The average molecular weight is 405 g/mol. The lowest BCUT2D eigenvalue weighted by atomic mass is 10.1. The predicted molar refractivity (Wildman–Crippen MR) is 114 cm³/mol. The van der Waals surface area contributed by atoms with Crippen molar-refractivity contribution in [3.63, 3.8) is 0 Å². The Morgan fingerprint density at radius 1 is 1.11 bits per heavy atom. The number of nitrogens with one attached hydrogen (secondary N) is 1. The molecular weight excluding hydrogens is 376 g/mol. The number of amides is 1. The molecule has 0 spiro atoms. The average Bonchev–Trinajstić information content (AvgIpc) is 2.63. The number of nitrogens with zero attached hydrogens (tertiary/aromatic N) is 1. The minimum atomic E-state index is -3.45. The number of carbonyl (C=O) groups excluding carboxylic acids is 1. The van der Waals surface area contributed by atoms with Crippen molar-refractivity contribution in [1.82, 2.24) is 0 Å². The number of hydrogen-bond acceptors (Lipinski definition) is 4. The minimum absolute atomic E-state index is 0.131. The van der Waals surface area contributed by atoms with Gasteiger partial charge in [-0.25, -0.2) is 8.42 Å². The lowest BCUT2D eigenvalue weighted by molar-refractivity contribution is -0.116. The first-order valence-corrected chi connectivity index (χ1v) is 11.1. The third-order valence-electron chi connectivity index (χ3n) is 4.48. The Bertz CT molecular complexity index is 909. The maximum Gasteiger partial charge on any atom is 0.232 e. The number of hydrogen-bond donors (Lipinski definition) is 1. The molecule has 0 fully saturated rings. The summed E-state index contributed by atoms with van der Waals surface area (Å²) >= 11 is 0. The largest absolute Gasteiger partial charge is 0.494 e. The van der Waals surface area contributed by atoms with Gasteiger partial charge in [-0.1, -0.05) is 12.1 Å². The summed E-state index contributed by atoms with van der Waals surface area (Å²) in [6.45, 7) is 6.62. The highest BCUT2D eigenvalue weighted by molar-refractivity contribution is 7.92. The summed E-state index contributed by atoms with van der Waals surface area (Å²) in [5, 5.41) is 2.90.